The summed E-state index contributed by atoms with van der Waals surface area (Å²) in [7, 11) is 0. The molecule has 0 aliphatic carbocycles. The number of hydrogen-bond donors (Lipinski definition) is 0. The van der Waals surface area contributed by atoms with Crippen molar-refractivity contribution < 1.29 is 14.3 Å². The third kappa shape index (κ3) is 4.31. The molecular weight excluding hydrogens is 278 g/mol. The highest BCUT2D eigenvalue weighted by Gasteiger charge is 2.20. The summed E-state index contributed by atoms with van der Waals surface area (Å²) in [4.78, 5) is 14.4. The molecule has 0 unspecified atom stereocenters. The van der Waals surface area contributed by atoms with Crippen molar-refractivity contribution in [2.45, 2.75) is 39.5 Å². The van der Waals surface area contributed by atoms with Crippen molar-refractivity contribution in [3.63, 3.8) is 0 Å². The van der Waals surface area contributed by atoms with Gasteiger partial charge < -0.3 is 9.47 Å². The molecule has 0 spiro atoms. The Morgan fingerprint density at radius 3 is 2.18 bits per heavy atom. The fraction of sp³-hybridized carbons (Fsp3) is 0.611. The molecule has 4 nitrogen and oxygen atoms in total. The highest BCUT2D eigenvalue weighted by atomic mass is 16.5. The smallest absolute Gasteiger partial charge is 0.325 e. The van der Waals surface area contributed by atoms with Crippen LogP contribution in [0.4, 0.5) is 0 Å². The Bertz CT molecular complexity index is 479. The molecule has 1 saturated heterocycles. The lowest BCUT2D eigenvalue weighted by atomic mass is 9.94. The number of carbonyl (C=O) groups excluding carboxylic acids is 1. The van der Waals surface area contributed by atoms with Crippen LogP contribution in [0.3, 0.4) is 0 Å². The Balaban J connectivity index is 2.14. The molecule has 1 fully saturated rings. The first kappa shape index (κ1) is 17.0. The molecule has 122 valence electrons. The van der Waals surface area contributed by atoms with Gasteiger partial charge in [-0.05, 0) is 23.0 Å². The minimum atomic E-state index is -0.183. The molecule has 0 aromatic heterocycles. The van der Waals surface area contributed by atoms with Gasteiger partial charge in [0.1, 0.15) is 5.75 Å². The van der Waals surface area contributed by atoms with Crippen molar-refractivity contribution in [1.82, 2.24) is 4.90 Å². The van der Waals surface area contributed by atoms with Crippen molar-refractivity contribution in [3.05, 3.63) is 29.3 Å². The lowest BCUT2D eigenvalue weighted by molar-refractivity contribution is -0.136. The van der Waals surface area contributed by atoms with Gasteiger partial charge in [0.2, 0.25) is 0 Å². The van der Waals surface area contributed by atoms with Crippen LogP contribution in [0.2, 0.25) is 0 Å². The highest BCUT2D eigenvalue weighted by Crippen LogP contribution is 2.34. The second kappa shape index (κ2) is 7.75. The van der Waals surface area contributed by atoms with Gasteiger partial charge in [-0.2, -0.15) is 0 Å². The fourth-order valence-electron chi connectivity index (χ4n) is 2.69. The fourth-order valence-corrected chi connectivity index (χ4v) is 2.69. The maximum Gasteiger partial charge on any atom is 0.325 e. The average molecular weight is 305 g/mol. The van der Waals surface area contributed by atoms with Gasteiger partial charge >= 0.3 is 5.97 Å². The maximum absolute atomic E-state index is 12.3. The number of benzene rings is 1. The zero-order valence-electron chi connectivity index (χ0n) is 14.1. The van der Waals surface area contributed by atoms with Gasteiger partial charge in [-0.3, -0.25) is 9.69 Å². The Morgan fingerprint density at radius 1 is 1.14 bits per heavy atom. The van der Waals surface area contributed by atoms with Crippen molar-refractivity contribution in [1.29, 1.82) is 0 Å². The zero-order chi connectivity index (χ0) is 16.1. The lowest BCUT2D eigenvalue weighted by Crippen LogP contribution is -2.40. The van der Waals surface area contributed by atoms with Gasteiger partial charge in [0.15, 0.2) is 0 Å². The molecule has 1 aliphatic rings. The van der Waals surface area contributed by atoms with E-state index in [1.54, 1.807) is 0 Å². The van der Waals surface area contributed by atoms with Crippen LogP contribution in [-0.4, -0.2) is 43.7 Å². The van der Waals surface area contributed by atoms with Crippen LogP contribution in [0, 0.1) is 0 Å². The molecule has 0 saturated carbocycles. The van der Waals surface area contributed by atoms with Crippen molar-refractivity contribution in [2.24, 2.45) is 0 Å². The monoisotopic (exact) mass is 305 g/mol. The van der Waals surface area contributed by atoms with Crippen LogP contribution in [0.5, 0.6) is 5.75 Å². The summed E-state index contributed by atoms with van der Waals surface area (Å²) in [5, 5.41) is 0. The molecule has 0 amide bonds. The van der Waals surface area contributed by atoms with Gasteiger partial charge in [0, 0.05) is 13.1 Å². The summed E-state index contributed by atoms with van der Waals surface area (Å²) in [6, 6.07) is 6.14. The van der Waals surface area contributed by atoms with E-state index in [-0.39, 0.29) is 5.97 Å². The molecule has 22 heavy (non-hydrogen) atoms. The Hall–Kier alpha value is -1.39. The first-order valence-corrected chi connectivity index (χ1v) is 8.12. The number of esters is 1. The van der Waals surface area contributed by atoms with Gasteiger partial charge in [-0.1, -0.05) is 45.9 Å². The number of para-hydroxylation sites is 1. The van der Waals surface area contributed by atoms with Crippen LogP contribution in [0.15, 0.2) is 18.2 Å². The van der Waals surface area contributed by atoms with Crippen LogP contribution >= 0.6 is 0 Å². The number of rotatable bonds is 5. The summed E-state index contributed by atoms with van der Waals surface area (Å²) in [5.74, 6) is 1.22. The molecule has 0 bridgehead atoms. The second-order valence-corrected chi connectivity index (χ2v) is 6.44. The predicted octanol–water partition coefficient (Wildman–Crippen LogP) is 3.17. The molecule has 1 aromatic carbocycles. The van der Waals surface area contributed by atoms with E-state index in [1.807, 2.05) is 18.2 Å². The van der Waals surface area contributed by atoms with Crippen LogP contribution in [0.25, 0.3) is 0 Å². The highest BCUT2D eigenvalue weighted by molar-refractivity contribution is 5.75. The molecule has 2 rings (SSSR count). The van der Waals surface area contributed by atoms with E-state index >= 15 is 0 Å². The maximum atomic E-state index is 12.3. The molecule has 0 atom stereocenters. The van der Waals surface area contributed by atoms with E-state index in [1.165, 1.54) is 0 Å². The molecule has 1 heterocycles. The SMILES string of the molecule is CC(C)c1cccc(C(C)C)c1OC(=O)CN1CCOCC1. The van der Waals surface area contributed by atoms with Crippen molar-refractivity contribution >= 4 is 5.97 Å². The summed E-state index contributed by atoms with van der Waals surface area (Å²) >= 11 is 0. The van der Waals surface area contributed by atoms with Crippen LogP contribution in [-0.2, 0) is 9.53 Å². The van der Waals surface area contributed by atoms with Gasteiger partial charge in [0.05, 0.1) is 19.8 Å². The van der Waals surface area contributed by atoms with Crippen molar-refractivity contribution in [2.75, 3.05) is 32.8 Å². The molecule has 4 heteroatoms. The molecular formula is C18H27NO3. The third-order valence-electron chi connectivity index (χ3n) is 3.99. The minimum absolute atomic E-state index is 0.183. The Labute approximate surface area is 133 Å². The van der Waals surface area contributed by atoms with E-state index in [0.717, 1.165) is 30.0 Å². The number of nitrogens with zero attached hydrogens (tertiary/aromatic N) is 1. The zero-order valence-corrected chi connectivity index (χ0v) is 14.1. The van der Waals surface area contributed by atoms with Gasteiger partial charge in [-0.15, -0.1) is 0 Å². The summed E-state index contributed by atoms with van der Waals surface area (Å²) in [6.45, 7) is 11.8. The van der Waals surface area contributed by atoms with E-state index in [4.69, 9.17) is 9.47 Å². The predicted molar refractivity (Wildman–Crippen MR) is 87.5 cm³/mol. The third-order valence-corrected chi connectivity index (χ3v) is 3.99. The molecule has 1 aliphatic heterocycles. The topological polar surface area (TPSA) is 38.8 Å². The first-order chi connectivity index (χ1) is 10.5. The number of morpholine rings is 1. The largest absolute Gasteiger partial charge is 0.425 e. The summed E-state index contributed by atoms with van der Waals surface area (Å²) < 4.78 is 11.1. The number of ether oxygens (including phenoxy) is 2. The molecule has 0 N–H and O–H groups in total. The van der Waals surface area contributed by atoms with E-state index in [2.05, 4.69) is 32.6 Å². The number of carbonyl (C=O) groups is 1. The minimum Gasteiger partial charge on any atom is -0.425 e. The van der Waals surface area contributed by atoms with Gasteiger partial charge in [-0.25, -0.2) is 0 Å². The normalized spacial score (nSPS) is 16.3. The summed E-state index contributed by atoms with van der Waals surface area (Å²) in [6.07, 6.45) is 0. The van der Waals surface area contributed by atoms with Gasteiger partial charge in [0.25, 0.3) is 0 Å². The first-order valence-electron chi connectivity index (χ1n) is 8.12. The van der Waals surface area contributed by atoms with E-state index in [9.17, 15) is 4.79 Å². The quantitative estimate of drug-likeness (QED) is 0.619. The lowest BCUT2D eigenvalue weighted by Gasteiger charge is -2.26. The second-order valence-electron chi connectivity index (χ2n) is 6.44. The van der Waals surface area contributed by atoms with Crippen molar-refractivity contribution in [3.8, 4) is 5.75 Å². The average Bonchev–Trinajstić information content (AvgIpc) is 2.47. The Kier molecular flexibility index (Phi) is 5.98. The number of hydrogen-bond acceptors (Lipinski definition) is 4. The van der Waals surface area contributed by atoms with E-state index < -0.39 is 0 Å². The van der Waals surface area contributed by atoms with Crippen LogP contribution < -0.4 is 4.74 Å². The Morgan fingerprint density at radius 2 is 1.68 bits per heavy atom. The molecule has 1 aromatic rings. The standard InChI is InChI=1S/C18H27NO3/c1-13(2)15-6-5-7-16(14(3)4)18(15)22-17(20)12-19-8-10-21-11-9-19/h5-7,13-14H,8-12H2,1-4H3. The summed E-state index contributed by atoms with van der Waals surface area (Å²) in [5.41, 5.74) is 2.20. The van der Waals surface area contributed by atoms with Crippen LogP contribution in [0.1, 0.15) is 50.7 Å². The molecule has 0 radical (unpaired) electrons. The van der Waals surface area contributed by atoms with E-state index in [0.29, 0.717) is 31.6 Å².